The second-order valence-electron chi connectivity index (χ2n) is 6.32. The van der Waals surface area contributed by atoms with E-state index in [4.69, 9.17) is 0 Å². The molecule has 6 aromatic heterocycles. The summed E-state index contributed by atoms with van der Waals surface area (Å²) in [4.78, 5) is 5.53. The molecule has 0 unspecified atom stereocenters. The first-order valence-electron chi connectivity index (χ1n) is 8.17. The van der Waals surface area contributed by atoms with Crippen LogP contribution in [0.25, 0.3) is 49.8 Å². The van der Waals surface area contributed by atoms with Crippen LogP contribution in [-0.2, 0) is 0 Å². The van der Waals surface area contributed by atoms with Crippen LogP contribution in [0.5, 0.6) is 0 Å². The van der Waals surface area contributed by atoms with E-state index in [1.54, 1.807) is 0 Å². The fraction of sp³-hybridized carbons (Fsp3) is 0.100. The normalized spacial score (nSPS) is 12.8. The first-order valence-corrected chi connectivity index (χ1v) is 13.1. The molecule has 0 spiro atoms. The molecule has 0 radical (unpaired) electrons. The SMILES string of the molecule is Cc1cc2sc3cc(/C=C/c4cc5sc6cc(C)sc6c5s4)sc3c2s1. The van der Waals surface area contributed by atoms with Gasteiger partial charge in [-0.15, -0.1) is 68.0 Å². The minimum absolute atomic E-state index is 1.35. The van der Waals surface area contributed by atoms with Crippen LogP contribution in [0.2, 0.25) is 0 Å². The molecule has 0 amide bonds. The maximum atomic E-state index is 2.35. The van der Waals surface area contributed by atoms with Gasteiger partial charge >= 0.3 is 0 Å². The molecule has 0 bridgehead atoms. The van der Waals surface area contributed by atoms with E-state index in [9.17, 15) is 0 Å². The lowest BCUT2D eigenvalue weighted by Gasteiger charge is -1.84. The molecule has 0 saturated heterocycles. The molecular weight excluding hydrogens is 433 g/mol. The Morgan fingerprint density at radius 2 is 0.885 bits per heavy atom. The Balaban J connectivity index is 1.39. The van der Waals surface area contributed by atoms with E-state index in [-0.39, 0.29) is 0 Å². The quantitative estimate of drug-likeness (QED) is 0.249. The van der Waals surface area contributed by atoms with Crippen molar-refractivity contribution in [1.29, 1.82) is 0 Å². The summed E-state index contributed by atoms with van der Waals surface area (Å²) in [7, 11) is 0. The summed E-state index contributed by atoms with van der Waals surface area (Å²) >= 11 is 11.6. The number of hydrogen-bond acceptors (Lipinski definition) is 6. The zero-order valence-electron chi connectivity index (χ0n) is 13.9. The van der Waals surface area contributed by atoms with Crippen molar-refractivity contribution in [1.82, 2.24) is 0 Å². The van der Waals surface area contributed by atoms with Gasteiger partial charge < -0.3 is 0 Å². The van der Waals surface area contributed by atoms with E-state index < -0.39 is 0 Å². The molecule has 0 aliphatic heterocycles. The van der Waals surface area contributed by atoms with Gasteiger partial charge in [0, 0.05) is 38.3 Å². The number of fused-ring (bicyclic) bond motifs is 6. The standard InChI is InChI=1S/C20H12S6/c1-9-5-13-17(21-9)19-15(25-13)7-11(23-19)3-4-12-8-16-20(24-12)18-14(26-16)6-10(2)22-18/h3-8H,1-2H3/b4-3+. The molecule has 26 heavy (non-hydrogen) atoms. The zero-order valence-corrected chi connectivity index (χ0v) is 18.8. The van der Waals surface area contributed by atoms with E-state index in [2.05, 4.69) is 50.3 Å². The highest BCUT2D eigenvalue weighted by Crippen LogP contribution is 2.45. The van der Waals surface area contributed by atoms with Crippen LogP contribution in [-0.4, -0.2) is 0 Å². The van der Waals surface area contributed by atoms with E-state index in [0.717, 1.165) is 0 Å². The number of aryl methyl sites for hydroxylation is 2. The lowest BCUT2D eigenvalue weighted by Crippen LogP contribution is -1.58. The van der Waals surface area contributed by atoms with Gasteiger partial charge in [0.25, 0.3) is 0 Å². The molecule has 0 N–H and O–H groups in total. The first kappa shape index (κ1) is 16.0. The average Bonchev–Trinajstić information content (AvgIpc) is 3.35. The molecule has 6 heteroatoms. The van der Waals surface area contributed by atoms with Crippen LogP contribution in [0.4, 0.5) is 0 Å². The zero-order chi connectivity index (χ0) is 17.4. The molecule has 0 aliphatic rings. The second kappa shape index (κ2) is 5.74. The molecule has 6 aromatic rings. The van der Waals surface area contributed by atoms with Gasteiger partial charge in [-0.2, -0.15) is 0 Å². The Morgan fingerprint density at radius 3 is 1.35 bits per heavy atom. The van der Waals surface area contributed by atoms with Gasteiger partial charge in [0.15, 0.2) is 0 Å². The predicted octanol–water partition coefficient (Wildman–Crippen LogP) is 9.46. The van der Waals surface area contributed by atoms with Crippen molar-refractivity contribution >= 4 is 118 Å². The van der Waals surface area contributed by atoms with Crippen LogP contribution in [0.15, 0.2) is 24.3 Å². The molecule has 0 saturated carbocycles. The summed E-state index contributed by atoms with van der Waals surface area (Å²) in [5.41, 5.74) is 0. The Hall–Kier alpha value is -1.02. The Labute approximate surface area is 174 Å². The maximum Gasteiger partial charge on any atom is 0.0635 e. The van der Waals surface area contributed by atoms with Gasteiger partial charge in [0.2, 0.25) is 0 Å². The summed E-state index contributed by atoms with van der Waals surface area (Å²) in [6.07, 6.45) is 4.58. The summed E-state index contributed by atoms with van der Waals surface area (Å²) in [5.74, 6) is 0. The Kier molecular flexibility index (Phi) is 3.53. The van der Waals surface area contributed by atoms with Crippen molar-refractivity contribution < 1.29 is 0 Å². The monoisotopic (exact) mass is 444 g/mol. The molecule has 6 rings (SSSR count). The van der Waals surface area contributed by atoms with Crippen LogP contribution in [0.1, 0.15) is 19.5 Å². The lowest BCUT2D eigenvalue weighted by atomic mass is 10.3. The van der Waals surface area contributed by atoms with Crippen LogP contribution >= 0.6 is 68.0 Å². The molecule has 0 aromatic carbocycles. The fourth-order valence-electron chi connectivity index (χ4n) is 3.27. The van der Waals surface area contributed by atoms with Gasteiger partial charge in [-0.05, 0) is 50.3 Å². The van der Waals surface area contributed by atoms with E-state index in [1.807, 2.05) is 68.0 Å². The van der Waals surface area contributed by atoms with Crippen LogP contribution < -0.4 is 0 Å². The van der Waals surface area contributed by atoms with Gasteiger partial charge in [-0.3, -0.25) is 0 Å². The smallest absolute Gasteiger partial charge is 0.0635 e. The van der Waals surface area contributed by atoms with Gasteiger partial charge in [0.1, 0.15) is 0 Å². The van der Waals surface area contributed by atoms with Crippen LogP contribution in [0, 0.1) is 13.8 Å². The van der Waals surface area contributed by atoms with Crippen molar-refractivity contribution in [2.45, 2.75) is 13.8 Å². The van der Waals surface area contributed by atoms with Crippen molar-refractivity contribution in [2.75, 3.05) is 0 Å². The number of rotatable bonds is 2. The summed E-state index contributed by atoms with van der Waals surface area (Å²) in [5, 5.41) is 0. The molecular formula is C20H12S6. The van der Waals surface area contributed by atoms with Crippen molar-refractivity contribution in [3.8, 4) is 0 Å². The van der Waals surface area contributed by atoms with Gasteiger partial charge in [-0.25, -0.2) is 0 Å². The van der Waals surface area contributed by atoms with E-state index >= 15 is 0 Å². The summed E-state index contributed by atoms with van der Waals surface area (Å²) < 4.78 is 11.6. The Morgan fingerprint density at radius 1 is 0.500 bits per heavy atom. The summed E-state index contributed by atoms with van der Waals surface area (Å²) in [6.45, 7) is 4.40. The minimum atomic E-state index is 1.35. The lowest BCUT2D eigenvalue weighted by molar-refractivity contribution is 1.66. The fourth-order valence-corrected chi connectivity index (χ4v) is 11.0. The number of thiophene rings is 6. The second-order valence-corrected chi connectivity index (χ2v) is 13.2. The summed E-state index contributed by atoms with van der Waals surface area (Å²) in [6, 6.07) is 9.33. The maximum absolute atomic E-state index is 2.35. The van der Waals surface area contributed by atoms with Crippen molar-refractivity contribution in [3.05, 3.63) is 43.8 Å². The van der Waals surface area contributed by atoms with E-state index in [1.165, 1.54) is 57.1 Å². The molecule has 0 nitrogen and oxygen atoms in total. The van der Waals surface area contributed by atoms with Crippen LogP contribution in [0.3, 0.4) is 0 Å². The molecule has 0 aliphatic carbocycles. The molecule has 0 atom stereocenters. The topological polar surface area (TPSA) is 0 Å². The third kappa shape index (κ3) is 2.40. The highest BCUT2D eigenvalue weighted by molar-refractivity contribution is 7.39. The minimum Gasteiger partial charge on any atom is -0.138 e. The van der Waals surface area contributed by atoms with Gasteiger partial charge in [-0.1, -0.05) is 0 Å². The van der Waals surface area contributed by atoms with Crippen molar-refractivity contribution in [2.24, 2.45) is 0 Å². The third-order valence-electron chi connectivity index (χ3n) is 4.34. The Bertz CT molecular complexity index is 1340. The van der Waals surface area contributed by atoms with E-state index in [0.29, 0.717) is 0 Å². The average molecular weight is 445 g/mol. The molecule has 128 valence electrons. The molecule has 0 fully saturated rings. The molecule has 6 heterocycles. The predicted molar refractivity (Wildman–Crippen MR) is 129 cm³/mol. The van der Waals surface area contributed by atoms with Gasteiger partial charge in [0.05, 0.1) is 18.8 Å². The largest absolute Gasteiger partial charge is 0.138 e. The third-order valence-corrected chi connectivity index (χ3v) is 11.7. The number of hydrogen-bond donors (Lipinski definition) is 0. The highest BCUT2D eigenvalue weighted by Gasteiger charge is 2.12. The first-order chi connectivity index (χ1) is 12.6. The highest BCUT2D eigenvalue weighted by atomic mass is 32.1. The van der Waals surface area contributed by atoms with Crippen molar-refractivity contribution in [3.63, 3.8) is 0 Å².